The van der Waals surface area contributed by atoms with Crippen LogP contribution in [0.1, 0.15) is 27.3 Å². The van der Waals surface area contributed by atoms with Crippen LogP contribution in [0.2, 0.25) is 15.1 Å². The number of amides is 1. The molecule has 0 saturated carbocycles. The minimum atomic E-state index is -1.10. The minimum absolute atomic E-state index is 0.0211. The number of benzene rings is 2. The quantitative estimate of drug-likeness (QED) is 0.378. The summed E-state index contributed by atoms with van der Waals surface area (Å²) in [5.74, 6) is -1.38. The number of rotatable bonds is 4. The second-order valence-electron chi connectivity index (χ2n) is 7.19. The molecular formula is C23H16Cl3N3O3S. The molecule has 0 bridgehead atoms. The third-order valence-corrected chi connectivity index (χ3v) is 7.05. The number of nitrogens with one attached hydrogen (secondary N) is 1. The van der Waals surface area contributed by atoms with Crippen LogP contribution in [-0.4, -0.2) is 26.7 Å². The lowest BCUT2D eigenvalue weighted by Crippen LogP contribution is -2.19. The Morgan fingerprint density at radius 1 is 1.12 bits per heavy atom. The molecule has 3 aromatic rings. The summed E-state index contributed by atoms with van der Waals surface area (Å²) in [6, 6.07) is 11.9. The van der Waals surface area contributed by atoms with Crippen LogP contribution in [0, 0.1) is 13.8 Å². The second kappa shape index (κ2) is 9.27. The van der Waals surface area contributed by atoms with Gasteiger partial charge in [-0.1, -0.05) is 40.9 Å². The zero-order chi connectivity index (χ0) is 23.9. The molecule has 33 heavy (non-hydrogen) atoms. The van der Waals surface area contributed by atoms with Crippen molar-refractivity contribution in [1.29, 1.82) is 0 Å². The standard InChI is InChI=1S/C23H16Cl3N3O3S/c1-11-8-13(12(2)29(11)14-6-7-16(24)15(10-14)22(31)32)9-19-21(30)28-23(33-19)27-18-5-3-4-17(25)20(18)26/h3-10H,1-2H3,(H,31,32)(H,27,28,30)/b19-9-. The summed E-state index contributed by atoms with van der Waals surface area (Å²) < 4.78 is 1.91. The summed E-state index contributed by atoms with van der Waals surface area (Å²) >= 11 is 19.4. The van der Waals surface area contributed by atoms with Gasteiger partial charge in [-0.3, -0.25) is 4.79 Å². The number of amidine groups is 1. The number of carbonyl (C=O) groups excluding carboxylic acids is 1. The minimum Gasteiger partial charge on any atom is -0.478 e. The Hall–Kier alpha value is -2.71. The van der Waals surface area contributed by atoms with Crippen molar-refractivity contribution in [1.82, 2.24) is 9.88 Å². The normalized spacial score (nSPS) is 16.0. The highest BCUT2D eigenvalue weighted by atomic mass is 35.5. The molecule has 0 aliphatic carbocycles. The lowest BCUT2D eigenvalue weighted by atomic mass is 10.2. The number of hydrogen-bond acceptors (Lipinski definition) is 4. The summed E-state index contributed by atoms with van der Waals surface area (Å²) in [7, 11) is 0. The SMILES string of the molecule is Cc1cc(/C=C2\SC(=Nc3cccc(Cl)c3Cl)NC2=O)c(C)n1-c1ccc(Cl)c(C(=O)O)c1. The van der Waals surface area contributed by atoms with Crippen molar-refractivity contribution in [2.45, 2.75) is 13.8 Å². The summed E-state index contributed by atoms with van der Waals surface area (Å²) in [5.41, 5.74) is 3.68. The molecule has 1 fully saturated rings. The third kappa shape index (κ3) is 4.68. The van der Waals surface area contributed by atoms with E-state index in [1.165, 1.54) is 17.8 Å². The van der Waals surface area contributed by atoms with Gasteiger partial charge in [-0.05, 0) is 73.6 Å². The van der Waals surface area contributed by atoms with Crippen LogP contribution < -0.4 is 5.32 Å². The molecule has 0 spiro atoms. The Morgan fingerprint density at radius 3 is 2.61 bits per heavy atom. The van der Waals surface area contributed by atoms with Crippen molar-refractivity contribution in [2.24, 2.45) is 4.99 Å². The van der Waals surface area contributed by atoms with E-state index in [1.807, 2.05) is 24.5 Å². The van der Waals surface area contributed by atoms with E-state index >= 15 is 0 Å². The predicted molar refractivity (Wildman–Crippen MR) is 134 cm³/mol. The summed E-state index contributed by atoms with van der Waals surface area (Å²) in [6.45, 7) is 3.80. The molecule has 2 aromatic carbocycles. The van der Waals surface area contributed by atoms with Crippen LogP contribution in [0.4, 0.5) is 5.69 Å². The average molecular weight is 521 g/mol. The lowest BCUT2D eigenvalue weighted by Gasteiger charge is -2.11. The van der Waals surface area contributed by atoms with E-state index in [4.69, 9.17) is 34.8 Å². The molecular weight excluding hydrogens is 505 g/mol. The van der Waals surface area contributed by atoms with E-state index in [9.17, 15) is 14.7 Å². The fourth-order valence-electron chi connectivity index (χ4n) is 3.46. The number of aromatic carboxylic acids is 1. The third-order valence-electron chi connectivity index (χ3n) is 5.00. The van der Waals surface area contributed by atoms with Gasteiger partial charge < -0.3 is 15.0 Å². The molecule has 1 aliphatic heterocycles. The molecule has 2 N–H and O–H groups in total. The zero-order valence-corrected chi connectivity index (χ0v) is 20.4. The van der Waals surface area contributed by atoms with E-state index < -0.39 is 5.97 Å². The summed E-state index contributed by atoms with van der Waals surface area (Å²) in [6.07, 6.45) is 1.77. The van der Waals surface area contributed by atoms with Gasteiger partial charge in [0.05, 0.1) is 31.2 Å². The maximum Gasteiger partial charge on any atom is 0.337 e. The fraction of sp³-hybridized carbons (Fsp3) is 0.0870. The van der Waals surface area contributed by atoms with E-state index in [0.29, 0.717) is 31.5 Å². The maximum atomic E-state index is 12.5. The van der Waals surface area contributed by atoms with Crippen LogP contribution in [0.3, 0.4) is 0 Å². The number of nitrogens with zero attached hydrogens (tertiary/aromatic N) is 2. The molecule has 0 unspecified atom stereocenters. The van der Waals surface area contributed by atoms with Gasteiger partial charge in [0.15, 0.2) is 5.17 Å². The summed E-state index contributed by atoms with van der Waals surface area (Å²) in [4.78, 5) is 28.9. The number of aromatic nitrogens is 1. The molecule has 0 radical (unpaired) electrons. The van der Waals surface area contributed by atoms with Gasteiger partial charge in [-0.25, -0.2) is 9.79 Å². The predicted octanol–water partition coefficient (Wildman–Crippen LogP) is 6.64. The topological polar surface area (TPSA) is 83.7 Å². The first-order valence-corrected chi connectivity index (χ1v) is 11.6. The highest BCUT2D eigenvalue weighted by Gasteiger charge is 2.25. The van der Waals surface area contributed by atoms with Crippen molar-refractivity contribution in [3.63, 3.8) is 0 Å². The molecule has 6 nitrogen and oxygen atoms in total. The molecule has 1 amide bonds. The van der Waals surface area contributed by atoms with Crippen molar-refractivity contribution >= 4 is 75.4 Å². The number of halogens is 3. The maximum absolute atomic E-state index is 12.5. The molecule has 2 heterocycles. The monoisotopic (exact) mass is 519 g/mol. The Morgan fingerprint density at radius 2 is 1.88 bits per heavy atom. The first-order chi connectivity index (χ1) is 15.7. The van der Waals surface area contributed by atoms with Crippen LogP contribution in [0.15, 0.2) is 52.4 Å². The van der Waals surface area contributed by atoms with Gasteiger partial charge in [-0.2, -0.15) is 0 Å². The number of carbonyl (C=O) groups is 2. The van der Waals surface area contributed by atoms with Gasteiger partial charge in [0.25, 0.3) is 5.91 Å². The first-order valence-electron chi connectivity index (χ1n) is 9.61. The van der Waals surface area contributed by atoms with Crippen LogP contribution in [0.5, 0.6) is 0 Å². The molecule has 4 rings (SSSR count). The Kier molecular flexibility index (Phi) is 6.59. The number of carboxylic acids is 1. The number of hydrogen-bond donors (Lipinski definition) is 2. The Labute approximate surface area is 208 Å². The fourth-order valence-corrected chi connectivity index (χ4v) is 4.82. The van der Waals surface area contributed by atoms with E-state index in [-0.39, 0.29) is 16.5 Å². The van der Waals surface area contributed by atoms with Crippen LogP contribution in [0.25, 0.3) is 11.8 Å². The van der Waals surface area contributed by atoms with Crippen molar-refractivity contribution < 1.29 is 14.7 Å². The Balaban J connectivity index is 1.68. The van der Waals surface area contributed by atoms with Gasteiger partial charge in [0.2, 0.25) is 0 Å². The average Bonchev–Trinajstić information content (AvgIpc) is 3.24. The smallest absolute Gasteiger partial charge is 0.337 e. The molecule has 10 heteroatoms. The van der Waals surface area contributed by atoms with Gasteiger partial charge in [-0.15, -0.1) is 0 Å². The van der Waals surface area contributed by atoms with Crippen molar-refractivity contribution in [2.75, 3.05) is 0 Å². The summed E-state index contributed by atoms with van der Waals surface area (Å²) in [5, 5.41) is 13.4. The van der Waals surface area contributed by atoms with E-state index in [2.05, 4.69) is 10.3 Å². The molecule has 1 saturated heterocycles. The first kappa shape index (κ1) is 23.4. The molecule has 0 atom stereocenters. The van der Waals surface area contributed by atoms with Crippen molar-refractivity contribution in [3.05, 3.63) is 85.0 Å². The number of aliphatic imine (C=N–C) groups is 1. The highest BCUT2D eigenvalue weighted by Crippen LogP contribution is 2.35. The zero-order valence-electron chi connectivity index (χ0n) is 17.3. The molecule has 1 aliphatic rings. The van der Waals surface area contributed by atoms with Gasteiger partial charge in [0.1, 0.15) is 0 Å². The number of aryl methyl sites for hydroxylation is 1. The van der Waals surface area contributed by atoms with Crippen LogP contribution in [-0.2, 0) is 4.79 Å². The Bertz CT molecular complexity index is 1380. The van der Waals surface area contributed by atoms with E-state index in [1.54, 1.807) is 36.4 Å². The van der Waals surface area contributed by atoms with E-state index in [0.717, 1.165) is 17.0 Å². The lowest BCUT2D eigenvalue weighted by molar-refractivity contribution is -0.115. The molecule has 168 valence electrons. The number of thioether (sulfide) groups is 1. The largest absolute Gasteiger partial charge is 0.478 e. The highest BCUT2D eigenvalue weighted by molar-refractivity contribution is 8.18. The number of carboxylic acid groups (broad SMARTS) is 1. The van der Waals surface area contributed by atoms with Gasteiger partial charge in [0, 0.05) is 17.1 Å². The van der Waals surface area contributed by atoms with Crippen molar-refractivity contribution in [3.8, 4) is 5.69 Å². The molecule has 1 aromatic heterocycles. The van der Waals surface area contributed by atoms with Crippen LogP contribution >= 0.6 is 46.6 Å². The second-order valence-corrected chi connectivity index (χ2v) is 9.41. The van der Waals surface area contributed by atoms with Gasteiger partial charge >= 0.3 is 5.97 Å².